The molecule has 0 aliphatic heterocycles. The standard InChI is InChI=1S/C11H9BrN2/c1-8-5-9(7-13-6-8)10-3-2-4-11(12)14-10/h2-7H,1H3. The van der Waals surface area contributed by atoms with Gasteiger partial charge in [0.15, 0.2) is 0 Å². The van der Waals surface area contributed by atoms with E-state index in [2.05, 4.69) is 32.0 Å². The van der Waals surface area contributed by atoms with Crippen LogP contribution < -0.4 is 0 Å². The zero-order chi connectivity index (χ0) is 9.97. The molecule has 70 valence electrons. The van der Waals surface area contributed by atoms with Crippen LogP contribution in [0.3, 0.4) is 0 Å². The first-order chi connectivity index (χ1) is 6.75. The Bertz CT molecular complexity index is 411. The summed E-state index contributed by atoms with van der Waals surface area (Å²) in [4.78, 5) is 8.50. The van der Waals surface area contributed by atoms with Crippen molar-refractivity contribution in [1.82, 2.24) is 9.97 Å². The lowest BCUT2D eigenvalue weighted by molar-refractivity contribution is 1.23. The van der Waals surface area contributed by atoms with Crippen LogP contribution in [-0.2, 0) is 0 Å². The van der Waals surface area contributed by atoms with E-state index < -0.39 is 0 Å². The molecule has 0 aliphatic rings. The van der Waals surface area contributed by atoms with Crippen LogP contribution >= 0.6 is 15.9 Å². The van der Waals surface area contributed by atoms with E-state index in [1.54, 1.807) is 0 Å². The second-order valence-electron chi connectivity index (χ2n) is 3.10. The molecule has 0 aromatic carbocycles. The van der Waals surface area contributed by atoms with E-state index in [0.29, 0.717) is 0 Å². The number of pyridine rings is 2. The van der Waals surface area contributed by atoms with Gasteiger partial charge in [0, 0.05) is 18.0 Å². The van der Waals surface area contributed by atoms with Crippen LogP contribution in [0.1, 0.15) is 5.56 Å². The number of rotatable bonds is 1. The van der Waals surface area contributed by atoms with Crippen LogP contribution in [0.4, 0.5) is 0 Å². The van der Waals surface area contributed by atoms with E-state index in [1.807, 2.05) is 37.5 Å². The minimum absolute atomic E-state index is 0.844. The molecule has 0 bridgehead atoms. The molecule has 0 N–H and O–H groups in total. The smallest absolute Gasteiger partial charge is 0.106 e. The second kappa shape index (κ2) is 3.88. The summed E-state index contributed by atoms with van der Waals surface area (Å²) in [5.74, 6) is 0. The summed E-state index contributed by atoms with van der Waals surface area (Å²) in [6.07, 6.45) is 3.66. The highest BCUT2D eigenvalue weighted by molar-refractivity contribution is 9.10. The zero-order valence-corrected chi connectivity index (χ0v) is 9.32. The van der Waals surface area contributed by atoms with Crippen molar-refractivity contribution in [3.05, 3.63) is 46.8 Å². The van der Waals surface area contributed by atoms with E-state index in [-0.39, 0.29) is 0 Å². The van der Waals surface area contributed by atoms with E-state index in [0.717, 1.165) is 21.4 Å². The van der Waals surface area contributed by atoms with E-state index in [9.17, 15) is 0 Å². The van der Waals surface area contributed by atoms with Crippen molar-refractivity contribution in [2.75, 3.05) is 0 Å². The molecule has 0 amide bonds. The summed E-state index contributed by atoms with van der Waals surface area (Å²) < 4.78 is 0.844. The fourth-order valence-corrected chi connectivity index (χ4v) is 1.61. The van der Waals surface area contributed by atoms with Gasteiger partial charge in [-0.15, -0.1) is 0 Å². The zero-order valence-electron chi connectivity index (χ0n) is 7.74. The summed E-state index contributed by atoms with van der Waals surface area (Å²) >= 11 is 3.35. The fourth-order valence-electron chi connectivity index (χ4n) is 1.26. The second-order valence-corrected chi connectivity index (χ2v) is 3.91. The highest BCUT2D eigenvalue weighted by Gasteiger charge is 1.99. The summed E-state index contributed by atoms with van der Waals surface area (Å²) in [6, 6.07) is 7.92. The van der Waals surface area contributed by atoms with Gasteiger partial charge in [0.2, 0.25) is 0 Å². The van der Waals surface area contributed by atoms with Crippen LogP contribution in [0, 0.1) is 6.92 Å². The lowest BCUT2D eigenvalue weighted by atomic mass is 10.1. The van der Waals surface area contributed by atoms with Crippen LogP contribution in [-0.4, -0.2) is 9.97 Å². The summed E-state index contributed by atoms with van der Waals surface area (Å²) in [5, 5.41) is 0. The predicted octanol–water partition coefficient (Wildman–Crippen LogP) is 3.21. The average molecular weight is 249 g/mol. The Balaban J connectivity index is 2.49. The third kappa shape index (κ3) is 1.99. The number of nitrogens with zero attached hydrogens (tertiary/aromatic N) is 2. The number of halogens is 1. The molecule has 0 atom stereocenters. The van der Waals surface area contributed by atoms with Gasteiger partial charge in [-0.25, -0.2) is 4.98 Å². The van der Waals surface area contributed by atoms with Crippen molar-refractivity contribution < 1.29 is 0 Å². The van der Waals surface area contributed by atoms with Crippen LogP contribution in [0.15, 0.2) is 41.3 Å². The monoisotopic (exact) mass is 248 g/mol. The van der Waals surface area contributed by atoms with Crippen molar-refractivity contribution in [2.24, 2.45) is 0 Å². The van der Waals surface area contributed by atoms with Gasteiger partial charge in [-0.3, -0.25) is 4.98 Å². The van der Waals surface area contributed by atoms with Gasteiger partial charge in [-0.2, -0.15) is 0 Å². The molecule has 2 nitrogen and oxygen atoms in total. The van der Waals surface area contributed by atoms with Crippen LogP contribution in [0.5, 0.6) is 0 Å². The van der Waals surface area contributed by atoms with E-state index in [4.69, 9.17) is 0 Å². The Morgan fingerprint density at radius 2 is 2.07 bits per heavy atom. The molecule has 0 saturated heterocycles. The molecule has 2 heterocycles. The largest absolute Gasteiger partial charge is 0.264 e. The van der Waals surface area contributed by atoms with Gasteiger partial charge < -0.3 is 0 Å². The van der Waals surface area contributed by atoms with Gasteiger partial charge in [-0.05, 0) is 46.6 Å². The topological polar surface area (TPSA) is 25.8 Å². The van der Waals surface area contributed by atoms with Crippen molar-refractivity contribution in [1.29, 1.82) is 0 Å². The first kappa shape index (κ1) is 9.34. The molecular formula is C11H9BrN2. The van der Waals surface area contributed by atoms with Crippen LogP contribution in [0.25, 0.3) is 11.3 Å². The molecule has 0 saturated carbocycles. The molecule has 2 aromatic rings. The quantitative estimate of drug-likeness (QED) is 0.725. The van der Waals surface area contributed by atoms with Gasteiger partial charge in [0.1, 0.15) is 4.60 Å². The molecule has 0 unspecified atom stereocenters. The summed E-state index contributed by atoms with van der Waals surface area (Å²) in [5.41, 5.74) is 3.13. The van der Waals surface area contributed by atoms with Gasteiger partial charge >= 0.3 is 0 Å². The summed E-state index contributed by atoms with van der Waals surface area (Å²) in [7, 11) is 0. The molecular weight excluding hydrogens is 240 g/mol. The highest BCUT2D eigenvalue weighted by Crippen LogP contribution is 2.18. The third-order valence-electron chi connectivity index (χ3n) is 1.89. The summed E-state index contributed by atoms with van der Waals surface area (Å²) in [6.45, 7) is 2.02. The predicted molar refractivity (Wildman–Crippen MR) is 59.9 cm³/mol. The van der Waals surface area contributed by atoms with Gasteiger partial charge in [0.05, 0.1) is 5.69 Å². The van der Waals surface area contributed by atoms with Gasteiger partial charge in [0.25, 0.3) is 0 Å². The molecule has 2 aromatic heterocycles. The molecule has 3 heteroatoms. The Labute approximate surface area is 91.2 Å². The maximum Gasteiger partial charge on any atom is 0.106 e. The van der Waals surface area contributed by atoms with Crippen molar-refractivity contribution >= 4 is 15.9 Å². The number of hydrogen-bond donors (Lipinski definition) is 0. The normalized spacial score (nSPS) is 10.1. The van der Waals surface area contributed by atoms with E-state index >= 15 is 0 Å². The van der Waals surface area contributed by atoms with Gasteiger partial charge in [-0.1, -0.05) is 6.07 Å². The Kier molecular flexibility index (Phi) is 2.59. The lowest BCUT2D eigenvalue weighted by Gasteiger charge is -2.01. The lowest BCUT2D eigenvalue weighted by Crippen LogP contribution is -1.86. The maximum absolute atomic E-state index is 4.36. The van der Waals surface area contributed by atoms with Crippen molar-refractivity contribution in [2.45, 2.75) is 6.92 Å². The van der Waals surface area contributed by atoms with Crippen LogP contribution in [0.2, 0.25) is 0 Å². The molecule has 0 fully saturated rings. The molecule has 0 spiro atoms. The fraction of sp³-hybridized carbons (Fsp3) is 0.0909. The Morgan fingerprint density at radius 3 is 2.79 bits per heavy atom. The number of hydrogen-bond acceptors (Lipinski definition) is 2. The molecule has 0 aliphatic carbocycles. The third-order valence-corrected chi connectivity index (χ3v) is 2.33. The maximum atomic E-state index is 4.36. The SMILES string of the molecule is Cc1cncc(-c2cccc(Br)n2)c1. The molecule has 0 radical (unpaired) electrons. The minimum Gasteiger partial charge on any atom is -0.264 e. The molecule has 14 heavy (non-hydrogen) atoms. The van der Waals surface area contributed by atoms with E-state index in [1.165, 1.54) is 0 Å². The first-order valence-corrected chi connectivity index (χ1v) is 5.09. The minimum atomic E-state index is 0.844. The Morgan fingerprint density at radius 1 is 1.21 bits per heavy atom. The van der Waals surface area contributed by atoms with Crippen molar-refractivity contribution in [3.8, 4) is 11.3 Å². The first-order valence-electron chi connectivity index (χ1n) is 4.30. The average Bonchev–Trinajstić information content (AvgIpc) is 2.18. The Hall–Kier alpha value is -1.22. The highest BCUT2D eigenvalue weighted by atomic mass is 79.9. The number of aryl methyl sites for hydroxylation is 1. The number of aromatic nitrogens is 2. The molecule has 2 rings (SSSR count). The van der Waals surface area contributed by atoms with Crippen molar-refractivity contribution in [3.63, 3.8) is 0 Å².